The molecule has 2 aromatic heterocycles. The van der Waals surface area contributed by atoms with Crippen LogP contribution in [0.15, 0.2) is 63.8 Å². The maximum absolute atomic E-state index is 13.8. The first-order valence-electron chi connectivity index (χ1n) is 10.5. The summed E-state index contributed by atoms with van der Waals surface area (Å²) < 4.78 is 12.3. The number of hydrogen-bond donors (Lipinski definition) is 3. The Labute approximate surface area is 194 Å². The first-order valence-corrected chi connectivity index (χ1v) is 11.3. The molecular formula is C24H24BrN3O4. The average Bonchev–Trinajstić information content (AvgIpc) is 3.48. The number of H-pyrrole nitrogens is 1. The van der Waals surface area contributed by atoms with Crippen LogP contribution >= 0.6 is 15.9 Å². The molecule has 0 aliphatic carbocycles. The second-order valence-corrected chi connectivity index (χ2v) is 10.0. The Morgan fingerprint density at radius 3 is 2.56 bits per heavy atom. The monoisotopic (exact) mass is 497 g/mol. The minimum Gasteiger partial charge on any atom is -0.459 e. The quantitative estimate of drug-likeness (QED) is 0.466. The van der Waals surface area contributed by atoms with E-state index in [-0.39, 0.29) is 5.91 Å². The van der Waals surface area contributed by atoms with Crippen molar-refractivity contribution in [1.29, 1.82) is 0 Å². The van der Waals surface area contributed by atoms with Crippen LogP contribution in [0.2, 0.25) is 0 Å². The molecule has 1 fully saturated rings. The van der Waals surface area contributed by atoms with Gasteiger partial charge in [-0.1, -0.05) is 18.2 Å². The molecule has 0 saturated carbocycles. The third-order valence-corrected chi connectivity index (χ3v) is 6.54. The van der Waals surface area contributed by atoms with Crippen molar-refractivity contribution in [1.82, 2.24) is 10.3 Å². The molecule has 1 amide bonds. The molecule has 1 spiro atoms. The molecule has 8 heteroatoms. The number of aromatic nitrogens is 1. The van der Waals surface area contributed by atoms with E-state index >= 15 is 0 Å². The van der Waals surface area contributed by atoms with Crippen LogP contribution < -0.4 is 10.6 Å². The number of ether oxygens (including phenoxy) is 1. The standard InChI is InChI=1S/C24H24BrN3O4/c1-23(2,3)32-21(29)19-18(16-10-11-17(25)31-16)24(20(28-19)15-9-6-12-26-15)13-7-4-5-8-14(13)27-22(24)30/h4-12,18-20,26,28H,1-3H3,(H,27,30)/t18-,19+,20-,24-/m1/s1. The number of carbonyl (C=O) groups excluding carboxylic acids is 2. The Morgan fingerprint density at radius 1 is 1.12 bits per heavy atom. The Kier molecular flexibility index (Phi) is 4.83. The van der Waals surface area contributed by atoms with Crippen molar-refractivity contribution in [3.05, 3.63) is 76.4 Å². The van der Waals surface area contributed by atoms with Gasteiger partial charge in [-0.3, -0.25) is 14.9 Å². The van der Waals surface area contributed by atoms with Crippen LogP contribution in [-0.2, 0) is 19.7 Å². The van der Waals surface area contributed by atoms with Crippen molar-refractivity contribution >= 4 is 33.5 Å². The van der Waals surface area contributed by atoms with E-state index in [1.807, 2.05) is 63.4 Å². The van der Waals surface area contributed by atoms with E-state index in [0.29, 0.717) is 10.4 Å². The summed E-state index contributed by atoms with van der Waals surface area (Å²) in [5, 5.41) is 6.47. The molecule has 2 aliphatic rings. The number of halogens is 1. The van der Waals surface area contributed by atoms with Gasteiger partial charge in [0.05, 0.1) is 12.0 Å². The Bertz CT molecular complexity index is 1180. The number of aromatic amines is 1. The summed E-state index contributed by atoms with van der Waals surface area (Å²) in [6.45, 7) is 5.48. The zero-order chi connectivity index (χ0) is 22.7. The van der Waals surface area contributed by atoms with Gasteiger partial charge >= 0.3 is 5.97 Å². The number of esters is 1. The van der Waals surface area contributed by atoms with E-state index in [9.17, 15) is 9.59 Å². The largest absolute Gasteiger partial charge is 0.459 e. The molecule has 3 aromatic rings. The Balaban J connectivity index is 1.76. The molecule has 5 rings (SSSR count). The number of para-hydroxylation sites is 1. The van der Waals surface area contributed by atoms with Crippen molar-refractivity contribution in [3.8, 4) is 0 Å². The van der Waals surface area contributed by atoms with E-state index in [1.165, 1.54) is 0 Å². The number of rotatable bonds is 3. The van der Waals surface area contributed by atoms with Gasteiger partial charge in [0.25, 0.3) is 0 Å². The third-order valence-electron chi connectivity index (χ3n) is 6.12. The zero-order valence-electron chi connectivity index (χ0n) is 17.9. The van der Waals surface area contributed by atoms with Crippen LogP contribution in [0.25, 0.3) is 0 Å². The minimum atomic E-state index is -1.12. The Morgan fingerprint density at radius 2 is 1.91 bits per heavy atom. The lowest BCUT2D eigenvalue weighted by atomic mass is 9.65. The smallest absolute Gasteiger partial charge is 0.324 e. The number of benzene rings is 1. The maximum Gasteiger partial charge on any atom is 0.324 e. The molecule has 0 unspecified atom stereocenters. The minimum absolute atomic E-state index is 0.186. The van der Waals surface area contributed by atoms with Crippen LogP contribution in [0.3, 0.4) is 0 Å². The highest BCUT2D eigenvalue weighted by molar-refractivity contribution is 9.10. The molecule has 4 heterocycles. The number of hydrogen-bond acceptors (Lipinski definition) is 5. The fraction of sp³-hybridized carbons (Fsp3) is 0.333. The summed E-state index contributed by atoms with van der Waals surface area (Å²) in [4.78, 5) is 30.5. The fourth-order valence-electron chi connectivity index (χ4n) is 5.06. The molecule has 1 saturated heterocycles. The SMILES string of the molecule is CC(C)(C)OC(=O)[C@H]1N[C@H](c2ccc[nH]2)[C@]2(C(=O)Nc3ccccc32)[C@@H]1c1ccc(Br)o1. The van der Waals surface area contributed by atoms with E-state index in [2.05, 4.69) is 31.5 Å². The molecule has 3 N–H and O–H groups in total. The zero-order valence-corrected chi connectivity index (χ0v) is 19.5. The normalized spacial score (nSPS) is 26.9. The van der Waals surface area contributed by atoms with Gasteiger partial charge in [0.2, 0.25) is 5.91 Å². The number of amides is 1. The number of anilines is 1. The lowest BCUT2D eigenvalue weighted by Crippen LogP contribution is -2.44. The van der Waals surface area contributed by atoms with Gasteiger partial charge in [-0.2, -0.15) is 0 Å². The van der Waals surface area contributed by atoms with Gasteiger partial charge in [-0.15, -0.1) is 0 Å². The second kappa shape index (κ2) is 7.35. The molecule has 0 bridgehead atoms. The number of nitrogens with one attached hydrogen (secondary N) is 3. The van der Waals surface area contributed by atoms with Crippen LogP contribution in [-0.4, -0.2) is 28.5 Å². The second-order valence-electron chi connectivity index (χ2n) is 9.22. The molecule has 7 nitrogen and oxygen atoms in total. The van der Waals surface area contributed by atoms with E-state index < -0.39 is 35.0 Å². The third kappa shape index (κ3) is 3.12. The highest BCUT2D eigenvalue weighted by Gasteiger charge is 2.67. The fourth-order valence-corrected chi connectivity index (χ4v) is 5.38. The maximum atomic E-state index is 13.8. The van der Waals surface area contributed by atoms with E-state index in [4.69, 9.17) is 9.15 Å². The van der Waals surface area contributed by atoms with Crippen molar-refractivity contribution in [2.75, 3.05) is 5.32 Å². The number of fused-ring (bicyclic) bond motifs is 2. The first kappa shape index (κ1) is 21.0. The molecule has 32 heavy (non-hydrogen) atoms. The van der Waals surface area contributed by atoms with Crippen LogP contribution in [0.1, 0.15) is 49.7 Å². The highest BCUT2D eigenvalue weighted by Crippen LogP contribution is 2.59. The van der Waals surface area contributed by atoms with Gasteiger partial charge in [0.15, 0.2) is 4.67 Å². The van der Waals surface area contributed by atoms with Crippen LogP contribution in [0, 0.1) is 0 Å². The first-order chi connectivity index (χ1) is 15.2. The molecular weight excluding hydrogens is 474 g/mol. The molecule has 4 atom stereocenters. The summed E-state index contributed by atoms with van der Waals surface area (Å²) in [6.07, 6.45) is 1.81. The topological polar surface area (TPSA) is 96.4 Å². The summed E-state index contributed by atoms with van der Waals surface area (Å²) in [5.74, 6) is -0.725. The van der Waals surface area contributed by atoms with Crippen molar-refractivity contribution in [3.63, 3.8) is 0 Å². The van der Waals surface area contributed by atoms with Gasteiger partial charge in [0.1, 0.15) is 22.8 Å². The van der Waals surface area contributed by atoms with Gasteiger partial charge in [0, 0.05) is 17.6 Å². The lowest BCUT2D eigenvalue weighted by molar-refractivity contribution is -0.157. The van der Waals surface area contributed by atoms with Crippen molar-refractivity contribution in [2.24, 2.45) is 0 Å². The summed E-state index contributed by atoms with van der Waals surface area (Å²) in [6, 6.07) is 13.7. The van der Waals surface area contributed by atoms with E-state index in [0.717, 1.165) is 16.9 Å². The molecule has 0 radical (unpaired) electrons. The van der Waals surface area contributed by atoms with Gasteiger partial charge in [-0.05, 0) is 72.6 Å². The summed E-state index contributed by atoms with van der Waals surface area (Å²) in [5.41, 5.74) is 0.552. The molecule has 2 aliphatic heterocycles. The van der Waals surface area contributed by atoms with Crippen molar-refractivity contribution < 1.29 is 18.7 Å². The van der Waals surface area contributed by atoms with Crippen LogP contribution in [0.5, 0.6) is 0 Å². The predicted octanol–water partition coefficient (Wildman–Crippen LogP) is 4.40. The summed E-state index contributed by atoms with van der Waals surface area (Å²) >= 11 is 3.37. The predicted molar refractivity (Wildman–Crippen MR) is 122 cm³/mol. The van der Waals surface area contributed by atoms with E-state index in [1.54, 1.807) is 12.1 Å². The molecule has 1 aromatic carbocycles. The lowest BCUT2D eigenvalue weighted by Gasteiger charge is -2.33. The van der Waals surface area contributed by atoms with Crippen LogP contribution in [0.4, 0.5) is 5.69 Å². The highest BCUT2D eigenvalue weighted by atomic mass is 79.9. The molecule has 166 valence electrons. The van der Waals surface area contributed by atoms with Crippen molar-refractivity contribution in [2.45, 2.75) is 49.8 Å². The number of carbonyl (C=O) groups is 2. The number of furan rings is 1. The average molecular weight is 498 g/mol. The van der Waals surface area contributed by atoms with Gasteiger partial charge in [-0.25, -0.2) is 0 Å². The van der Waals surface area contributed by atoms with Gasteiger partial charge < -0.3 is 19.5 Å². The summed E-state index contributed by atoms with van der Waals surface area (Å²) in [7, 11) is 0. The Hall–Kier alpha value is -2.84.